The summed E-state index contributed by atoms with van der Waals surface area (Å²) in [7, 11) is 0. The number of rotatable bonds is 4. The predicted octanol–water partition coefficient (Wildman–Crippen LogP) is 1.13. The molecule has 30 heavy (non-hydrogen) atoms. The molecule has 2 saturated heterocycles. The Labute approximate surface area is 175 Å². The van der Waals surface area contributed by atoms with Gasteiger partial charge in [-0.1, -0.05) is 30.3 Å². The molecule has 0 saturated carbocycles. The van der Waals surface area contributed by atoms with E-state index in [0.29, 0.717) is 57.9 Å². The Hall–Kier alpha value is -2.55. The molecule has 1 aromatic carbocycles. The van der Waals surface area contributed by atoms with Gasteiger partial charge in [-0.2, -0.15) is 0 Å². The first-order chi connectivity index (χ1) is 14.5. The van der Waals surface area contributed by atoms with Gasteiger partial charge in [0.15, 0.2) is 0 Å². The summed E-state index contributed by atoms with van der Waals surface area (Å²) < 4.78 is 5.38. The van der Waals surface area contributed by atoms with Crippen LogP contribution in [0.5, 0.6) is 0 Å². The molecule has 0 radical (unpaired) electrons. The third kappa shape index (κ3) is 4.95. The summed E-state index contributed by atoms with van der Waals surface area (Å²) in [5.74, 6) is 0.110. The average molecular weight is 412 g/mol. The first kappa shape index (κ1) is 20.7. The number of carbonyl (C=O) groups excluding carboxylic acids is 1. The Morgan fingerprint density at radius 3 is 2.67 bits per heavy atom. The second-order valence-corrected chi connectivity index (χ2v) is 8.10. The number of benzene rings is 1. The predicted molar refractivity (Wildman–Crippen MR) is 112 cm³/mol. The normalized spacial score (nSPS) is 23.2. The van der Waals surface area contributed by atoms with Gasteiger partial charge in [0.1, 0.15) is 11.5 Å². The van der Waals surface area contributed by atoms with E-state index in [1.807, 2.05) is 30.3 Å². The van der Waals surface area contributed by atoms with Crippen LogP contribution >= 0.6 is 0 Å². The van der Waals surface area contributed by atoms with E-state index in [9.17, 15) is 14.7 Å². The summed E-state index contributed by atoms with van der Waals surface area (Å²) in [5, 5.41) is 11.1. The lowest BCUT2D eigenvalue weighted by Gasteiger charge is -2.35. The maximum absolute atomic E-state index is 13.1. The van der Waals surface area contributed by atoms with Gasteiger partial charge in [0, 0.05) is 44.4 Å². The number of hydrogen-bond donors (Lipinski definition) is 2. The summed E-state index contributed by atoms with van der Waals surface area (Å²) in [5.41, 5.74) is -0.287. The van der Waals surface area contributed by atoms with Crippen LogP contribution in [0.3, 0.4) is 0 Å². The SMILES string of the molecule is O=C(c1cc(=O)[nH]c(-c2ccccc2)n1)N1CCCC(O)(CN2CCOCC2)CC1. The van der Waals surface area contributed by atoms with Crippen molar-refractivity contribution in [3.05, 3.63) is 52.4 Å². The summed E-state index contributed by atoms with van der Waals surface area (Å²) in [6, 6.07) is 10.5. The molecule has 0 bridgehead atoms. The van der Waals surface area contributed by atoms with Crippen molar-refractivity contribution < 1.29 is 14.6 Å². The largest absolute Gasteiger partial charge is 0.388 e. The molecule has 2 fully saturated rings. The van der Waals surface area contributed by atoms with Gasteiger partial charge in [0.2, 0.25) is 0 Å². The van der Waals surface area contributed by atoms with Crippen molar-refractivity contribution in [3.8, 4) is 11.4 Å². The molecule has 2 aliphatic rings. The average Bonchev–Trinajstić information content (AvgIpc) is 2.95. The van der Waals surface area contributed by atoms with E-state index in [4.69, 9.17) is 4.74 Å². The zero-order chi connectivity index (χ0) is 21.0. The zero-order valence-corrected chi connectivity index (χ0v) is 17.0. The fourth-order valence-corrected chi connectivity index (χ4v) is 4.18. The molecular formula is C22H28N4O4. The minimum atomic E-state index is -0.816. The highest BCUT2D eigenvalue weighted by Gasteiger charge is 2.34. The Morgan fingerprint density at radius 1 is 1.13 bits per heavy atom. The minimum absolute atomic E-state index is 0.135. The Balaban J connectivity index is 1.46. The van der Waals surface area contributed by atoms with Gasteiger partial charge in [0.05, 0.1) is 18.8 Å². The summed E-state index contributed by atoms with van der Waals surface area (Å²) in [6.07, 6.45) is 1.86. The van der Waals surface area contributed by atoms with E-state index >= 15 is 0 Å². The second-order valence-electron chi connectivity index (χ2n) is 8.10. The summed E-state index contributed by atoms with van der Waals surface area (Å²) in [4.78, 5) is 36.3. The van der Waals surface area contributed by atoms with Crippen LogP contribution in [-0.2, 0) is 4.74 Å². The number of nitrogens with zero attached hydrogens (tertiary/aromatic N) is 3. The van der Waals surface area contributed by atoms with Crippen molar-refractivity contribution in [2.45, 2.75) is 24.9 Å². The molecule has 1 unspecified atom stereocenters. The molecule has 1 aromatic heterocycles. The van der Waals surface area contributed by atoms with E-state index in [2.05, 4.69) is 14.9 Å². The van der Waals surface area contributed by atoms with Crippen molar-refractivity contribution in [3.63, 3.8) is 0 Å². The monoisotopic (exact) mass is 412 g/mol. The molecule has 8 nitrogen and oxygen atoms in total. The number of aliphatic hydroxyl groups is 1. The van der Waals surface area contributed by atoms with Gasteiger partial charge < -0.3 is 19.7 Å². The van der Waals surface area contributed by atoms with Crippen molar-refractivity contribution in [1.82, 2.24) is 19.8 Å². The first-order valence-corrected chi connectivity index (χ1v) is 10.5. The number of hydrogen-bond acceptors (Lipinski definition) is 6. The molecule has 2 N–H and O–H groups in total. The minimum Gasteiger partial charge on any atom is -0.388 e. The third-order valence-electron chi connectivity index (χ3n) is 5.83. The van der Waals surface area contributed by atoms with Gasteiger partial charge >= 0.3 is 0 Å². The van der Waals surface area contributed by atoms with Crippen molar-refractivity contribution in [1.29, 1.82) is 0 Å². The molecule has 1 amide bonds. The standard InChI is InChI=1S/C22H28N4O4/c27-19-15-18(23-20(24-19)17-5-2-1-3-6-17)21(28)26-9-4-7-22(29,8-10-26)16-25-11-13-30-14-12-25/h1-3,5-6,15,29H,4,7-14,16H2,(H,23,24,27). The van der Waals surface area contributed by atoms with Gasteiger partial charge in [-0.15, -0.1) is 0 Å². The van der Waals surface area contributed by atoms with Crippen LogP contribution in [-0.4, -0.2) is 82.3 Å². The summed E-state index contributed by atoms with van der Waals surface area (Å²) >= 11 is 0. The number of β-amino-alcohol motifs (C(OH)–C–C–N with tert-alkyl or cyclic N) is 1. The maximum atomic E-state index is 13.1. The van der Waals surface area contributed by atoms with Gasteiger partial charge in [-0.05, 0) is 19.3 Å². The van der Waals surface area contributed by atoms with Crippen LogP contribution in [0.15, 0.2) is 41.2 Å². The lowest BCUT2D eigenvalue weighted by molar-refractivity contribution is -0.0389. The molecule has 2 aliphatic heterocycles. The number of H-pyrrole nitrogens is 1. The van der Waals surface area contributed by atoms with Crippen molar-refractivity contribution >= 4 is 5.91 Å². The molecule has 3 heterocycles. The molecule has 1 atom stereocenters. The molecule has 0 spiro atoms. The van der Waals surface area contributed by atoms with E-state index in [-0.39, 0.29) is 17.2 Å². The summed E-state index contributed by atoms with van der Waals surface area (Å²) in [6.45, 7) is 4.61. The Morgan fingerprint density at radius 2 is 1.90 bits per heavy atom. The number of carbonyl (C=O) groups is 1. The molecule has 160 valence electrons. The zero-order valence-electron chi connectivity index (χ0n) is 17.0. The van der Waals surface area contributed by atoms with Gasteiger partial charge in [-0.3, -0.25) is 14.5 Å². The Bertz CT molecular complexity index is 926. The van der Waals surface area contributed by atoms with Crippen LogP contribution in [0, 0.1) is 0 Å². The number of likely N-dealkylation sites (tertiary alicyclic amines) is 1. The molecule has 2 aromatic rings. The van der Waals surface area contributed by atoms with Crippen LogP contribution in [0.25, 0.3) is 11.4 Å². The highest BCUT2D eigenvalue weighted by molar-refractivity contribution is 5.92. The topological polar surface area (TPSA) is 98.8 Å². The number of aromatic nitrogens is 2. The van der Waals surface area contributed by atoms with Crippen LogP contribution in [0.2, 0.25) is 0 Å². The van der Waals surface area contributed by atoms with Crippen molar-refractivity contribution in [2.75, 3.05) is 45.9 Å². The molecule has 0 aliphatic carbocycles. The van der Waals surface area contributed by atoms with Crippen LogP contribution < -0.4 is 5.56 Å². The van der Waals surface area contributed by atoms with Gasteiger partial charge in [-0.25, -0.2) is 4.98 Å². The number of morpholine rings is 1. The third-order valence-corrected chi connectivity index (χ3v) is 5.83. The van der Waals surface area contributed by atoms with Crippen LogP contribution in [0.1, 0.15) is 29.8 Å². The highest BCUT2D eigenvalue weighted by atomic mass is 16.5. The van der Waals surface area contributed by atoms with E-state index in [1.165, 1.54) is 6.07 Å². The van der Waals surface area contributed by atoms with Crippen LogP contribution in [0.4, 0.5) is 0 Å². The molecule has 4 rings (SSSR count). The number of ether oxygens (including phenoxy) is 1. The lowest BCUT2D eigenvalue weighted by atomic mass is 9.94. The second kappa shape index (κ2) is 9.07. The molecular weight excluding hydrogens is 384 g/mol. The van der Waals surface area contributed by atoms with E-state index in [0.717, 1.165) is 18.7 Å². The smallest absolute Gasteiger partial charge is 0.272 e. The fraction of sp³-hybridized carbons (Fsp3) is 0.500. The maximum Gasteiger partial charge on any atom is 0.272 e. The van der Waals surface area contributed by atoms with Crippen molar-refractivity contribution in [2.24, 2.45) is 0 Å². The first-order valence-electron chi connectivity index (χ1n) is 10.5. The quantitative estimate of drug-likeness (QED) is 0.781. The number of nitrogens with one attached hydrogen (secondary N) is 1. The van der Waals surface area contributed by atoms with E-state index < -0.39 is 5.60 Å². The Kier molecular flexibility index (Phi) is 6.26. The highest BCUT2D eigenvalue weighted by Crippen LogP contribution is 2.25. The fourth-order valence-electron chi connectivity index (χ4n) is 4.18. The molecule has 8 heteroatoms. The number of aromatic amines is 1. The number of amides is 1. The lowest BCUT2D eigenvalue weighted by Crippen LogP contribution is -2.48. The van der Waals surface area contributed by atoms with E-state index in [1.54, 1.807) is 4.90 Å². The van der Waals surface area contributed by atoms with Gasteiger partial charge in [0.25, 0.3) is 11.5 Å².